The Hall–Kier alpha value is -3.04. The number of piperidine rings is 1. The van der Waals surface area contributed by atoms with E-state index in [0.29, 0.717) is 46.3 Å². The van der Waals surface area contributed by atoms with Crippen molar-refractivity contribution in [2.24, 2.45) is 0 Å². The second-order valence-electron chi connectivity index (χ2n) is 7.32. The van der Waals surface area contributed by atoms with Crippen LogP contribution in [0.25, 0.3) is 10.9 Å². The number of pyridine rings is 1. The van der Waals surface area contributed by atoms with Gasteiger partial charge in [0, 0.05) is 18.3 Å². The maximum atomic E-state index is 13.2. The molecule has 30 heavy (non-hydrogen) atoms. The fraction of sp³-hybridized carbons (Fsp3) is 0.350. The van der Waals surface area contributed by atoms with Gasteiger partial charge in [0.25, 0.3) is 5.91 Å². The second kappa shape index (κ2) is 7.66. The number of aromatic nitrogens is 3. The van der Waals surface area contributed by atoms with Gasteiger partial charge in [0.05, 0.1) is 28.2 Å². The topological polar surface area (TPSA) is 116 Å². The summed E-state index contributed by atoms with van der Waals surface area (Å²) in [6.07, 6.45) is 3.45. The van der Waals surface area contributed by atoms with Gasteiger partial charge in [-0.25, -0.2) is 4.98 Å². The van der Waals surface area contributed by atoms with Crippen LogP contribution in [0.3, 0.4) is 0 Å². The number of hydrogen-bond acceptors (Lipinski definition) is 7. The van der Waals surface area contributed by atoms with Crippen LogP contribution >= 0.6 is 11.6 Å². The number of benzene rings is 1. The summed E-state index contributed by atoms with van der Waals surface area (Å²) in [4.78, 5) is 17.3. The zero-order valence-electron chi connectivity index (χ0n) is 16.2. The van der Waals surface area contributed by atoms with E-state index in [4.69, 9.17) is 26.8 Å². The average Bonchev–Trinajstić information content (AvgIpc) is 3.19. The van der Waals surface area contributed by atoms with E-state index in [-0.39, 0.29) is 17.6 Å². The number of amides is 1. The molecule has 0 saturated carbocycles. The molecule has 0 aliphatic carbocycles. The number of carbonyl (C=O) groups is 1. The minimum Gasteiger partial charge on any atom is -0.486 e. The lowest BCUT2D eigenvalue weighted by molar-refractivity contribution is 0.102. The Morgan fingerprint density at radius 1 is 1.30 bits per heavy atom. The number of nitrogen functional groups attached to an aromatic ring is 1. The number of hydrogen-bond donors (Lipinski definition) is 3. The van der Waals surface area contributed by atoms with E-state index in [1.54, 1.807) is 22.9 Å². The maximum Gasteiger partial charge on any atom is 0.276 e. The third kappa shape index (κ3) is 3.29. The summed E-state index contributed by atoms with van der Waals surface area (Å²) in [5.41, 5.74) is 7.53. The summed E-state index contributed by atoms with van der Waals surface area (Å²) in [5.74, 6) is 1.07. The number of anilines is 2. The van der Waals surface area contributed by atoms with Crippen LogP contribution in [-0.2, 0) is 0 Å². The van der Waals surface area contributed by atoms with Gasteiger partial charge in [0.15, 0.2) is 17.2 Å². The smallest absolute Gasteiger partial charge is 0.276 e. The van der Waals surface area contributed by atoms with Gasteiger partial charge in [-0.1, -0.05) is 11.6 Å². The third-order valence-corrected chi connectivity index (χ3v) is 5.62. The zero-order chi connectivity index (χ0) is 20.7. The Kier molecular flexibility index (Phi) is 4.84. The molecule has 3 aromatic rings. The molecule has 4 heterocycles. The van der Waals surface area contributed by atoms with Crippen LogP contribution in [-0.4, -0.2) is 47.0 Å². The van der Waals surface area contributed by atoms with E-state index in [0.717, 1.165) is 25.9 Å². The number of carbonyl (C=O) groups excluding carboxylic acids is 1. The first-order valence-corrected chi connectivity index (χ1v) is 10.2. The average molecular weight is 429 g/mol. The van der Waals surface area contributed by atoms with E-state index < -0.39 is 5.91 Å². The van der Waals surface area contributed by atoms with Crippen LogP contribution in [0.2, 0.25) is 5.02 Å². The molecule has 10 heteroatoms. The van der Waals surface area contributed by atoms with Gasteiger partial charge >= 0.3 is 0 Å². The second-order valence-corrected chi connectivity index (χ2v) is 7.73. The van der Waals surface area contributed by atoms with Crippen molar-refractivity contribution in [2.75, 3.05) is 37.4 Å². The fourth-order valence-electron chi connectivity index (χ4n) is 3.93. The third-order valence-electron chi connectivity index (χ3n) is 5.34. The number of halogens is 1. The van der Waals surface area contributed by atoms with Gasteiger partial charge in [0.2, 0.25) is 0 Å². The van der Waals surface area contributed by atoms with Crippen LogP contribution in [0.15, 0.2) is 24.4 Å². The van der Waals surface area contributed by atoms with Gasteiger partial charge < -0.3 is 25.8 Å². The van der Waals surface area contributed by atoms with Gasteiger partial charge in [-0.15, -0.1) is 0 Å². The quantitative estimate of drug-likeness (QED) is 0.587. The molecule has 1 amide bonds. The minimum absolute atomic E-state index is 0.0800. The summed E-state index contributed by atoms with van der Waals surface area (Å²) in [5, 5.41) is 11.7. The van der Waals surface area contributed by atoms with Crippen molar-refractivity contribution in [1.29, 1.82) is 0 Å². The highest BCUT2D eigenvalue weighted by atomic mass is 35.5. The first-order valence-electron chi connectivity index (χ1n) is 9.85. The van der Waals surface area contributed by atoms with Crippen molar-refractivity contribution in [3.8, 4) is 11.5 Å². The lowest BCUT2D eigenvalue weighted by Crippen LogP contribution is -2.32. The van der Waals surface area contributed by atoms with Crippen LogP contribution in [0, 0.1) is 0 Å². The highest BCUT2D eigenvalue weighted by Gasteiger charge is 2.27. The van der Waals surface area contributed by atoms with Crippen LogP contribution in [0.5, 0.6) is 11.5 Å². The van der Waals surface area contributed by atoms with Crippen molar-refractivity contribution < 1.29 is 14.3 Å². The van der Waals surface area contributed by atoms with Crippen molar-refractivity contribution in [3.05, 3.63) is 35.1 Å². The van der Waals surface area contributed by atoms with Crippen molar-refractivity contribution in [3.63, 3.8) is 0 Å². The number of nitrogens with one attached hydrogen (secondary N) is 2. The van der Waals surface area contributed by atoms with Crippen LogP contribution in [0.1, 0.15) is 29.4 Å². The highest BCUT2D eigenvalue weighted by molar-refractivity contribution is 6.36. The zero-order valence-corrected chi connectivity index (χ0v) is 16.9. The fourth-order valence-corrected chi connectivity index (χ4v) is 4.16. The number of nitrogens with zero attached hydrogens (tertiary/aromatic N) is 3. The first kappa shape index (κ1) is 19.0. The molecule has 0 spiro atoms. The predicted octanol–water partition coefficient (Wildman–Crippen LogP) is 2.61. The molecule has 0 bridgehead atoms. The van der Waals surface area contributed by atoms with E-state index in [1.807, 2.05) is 0 Å². The van der Waals surface area contributed by atoms with E-state index in [9.17, 15) is 4.79 Å². The van der Waals surface area contributed by atoms with E-state index in [2.05, 4.69) is 20.7 Å². The Labute approximate surface area is 177 Å². The molecule has 5 rings (SSSR count). The van der Waals surface area contributed by atoms with Gasteiger partial charge in [-0.3, -0.25) is 9.48 Å². The summed E-state index contributed by atoms with van der Waals surface area (Å²) in [7, 11) is 0. The summed E-state index contributed by atoms with van der Waals surface area (Å²) >= 11 is 6.45. The molecule has 9 nitrogen and oxygen atoms in total. The Morgan fingerprint density at radius 2 is 2.13 bits per heavy atom. The first-order chi connectivity index (χ1) is 14.6. The molecular formula is C20H21ClN6O3. The van der Waals surface area contributed by atoms with Crippen LogP contribution in [0.4, 0.5) is 11.5 Å². The molecule has 0 radical (unpaired) electrons. The standard InChI is InChI=1S/C20H21ClN6O3/c21-13-10-24-19(22)16-17(26-27(18(13)16)12-2-1-5-23-9-12)20(28)25-11-3-4-14-15(8-11)30-7-6-29-14/h3-4,8,10,12,23H,1-2,5-7,9H2,(H2,22,24)(H,25,28). The maximum absolute atomic E-state index is 13.2. The summed E-state index contributed by atoms with van der Waals surface area (Å²) < 4.78 is 12.9. The van der Waals surface area contributed by atoms with E-state index in [1.165, 1.54) is 6.20 Å². The summed E-state index contributed by atoms with van der Waals surface area (Å²) in [6.45, 7) is 2.68. The lowest BCUT2D eigenvalue weighted by Gasteiger charge is -2.24. The number of rotatable bonds is 3. The summed E-state index contributed by atoms with van der Waals surface area (Å²) in [6, 6.07) is 5.33. The molecule has 2 aliphatic heterocycles. The molecular weight excluding hydrogens is 408 g/mol. The van der Waals surface area contributed by atoms with Crippen molar-refractivity contribution >= 4 is 39.9 Å². The number of ether oxygens (including phenoxy) is 2. The number of fused-ring (bicyclic) bond motifs is 2. The molecule has 1 unspecified atom stereocenters. The Morgan fingerprint density at radius 3 is 2.93 bits per heavy atom. The monoisotopic (exact) mass is 428 g/mol. The highest BCUT2D eigenvalue weighted by Crippen LogP contribution is 2.35. The molecule has 2 aliphatic rings. The SMILES string of the molecule is Nc1ncc(Cl)c2c1c(C(=O)Nc1ccc3c(c1)OCCO3)nn2C1CCCNC1. The van der Waals surface area contributed by atoms with Gasteiger partial charge in [-0.2, -0.15) is 5.10 Å². The minimum atomic E-state index is -0.394. The van der Waals surface area contributed by atoms with Gasteiger partial charge in [-0.05, 0) is 31.5 Å². The Bertz CT molecular complexity index is 1130. The van der Waals surface area contributed by atoms with Gasteiger partial charge in [0.1, 0.15) is 19.0 Å². The molecule has 156 valence electrons. The molecule has 1 atom stereocenters. The molecule has 1 saturated heterocycles. The normalized spacial score (nSPS) is 18.4. The Balaban J connectivity index is 1.53. The van der Waals surface area contributed by atoms with Crippen LogP contribution < -0.4 is 25.8 Å². The van der Waals surface area contributed by atoms with Crippen molar-refractivity contribution in [1.82, 2.24) is 20.1 Å². The molecule has 4 N–H and O–H groups in total. The molecule has 1 aromatic carbocycles. The molecule has 1 fully saturated rings. The number of nitrogens with two attached hydrogens (primary N) is 1. The predicted molar refractivity (Wildman–Crippen MR) is 113 cm³/mol. The van der Waals surface area contributed by atoms with E-state index >= 15 is 0 Å². The molecule has 2 aromatic heterocycles. The van der Waals surface area contributed by atoms with Crippen molar-refractivity contribution in [2.45, 2.75) is 18.9 Å². The lowest BCUT2D eigenvalue weighted by atomic mass is 10.1. The largest absolute Gasteiger partial charge is 0.486 e.